The number of hydrogen-bond acceptors (Lipinski definition) is 3. The Morgan fingerprint density at radius 3 is 2.54 bits per heavy atom. The molecule has 2 aromatic carbocycles. The van der Waals surface area contributed by atoms with E-state index >= 15 is 0 Å². The van der Waals surface area contributed by atoms with Gasteiger partial charge in [0.25, 0.3) is 5.91 Å². The summed E-state index contributed by atoms with van der Waals surface area (Å²) in [6.07, 6.45) is 6.38. The average molecular weight is 377 g/mol. The second-order valence-electron chi connectivity index (χ2n) is 7.44. The molecule has 4 rings (SSSR count). The van der Waals surface area contributed by atoms with Crippen LogP contribution in [0.3, 0.4) is 0 Å². The molecule has 0 atom stereocenters. The highest BCUT2D eigenvalue weighted by Gasteiger charge is 2.18. The number of anilines is 2. The molecular weight excluding hydrogens is 353 g/mol. The largest absolute Gasteiger partial charge is 0.372 e. The number of fused-ring (bicyclic) bond motifs is 1. The van der Waals surface area contributed by atoms with Gasteiger partial charge in [-0.2, -0.15) is 0 Å². The maximum atomic E-state index is 13.3. The topological polar surface area (TPSA) is 45.2 Å². The minimum Gasteiger partial charge on any atom is -0.372 e. The predicted octanol–water partition coefficient (Wildman–Crippen LogP) is 5.40. The van der Waals surface area contributed by atoms with E-state index in [1.165, 1.54) is 44.2 Å². The number of carbonyl (C=O) groups excluding carboxylic acids is 1. The van der Waals surface area contributed by atoms with E-state index in [1.54, 1.807) is 18.2 Å². The molecule has 1 amide bonds. The van der Waals surface area contributed by atoms with Crippen molar-refractivity contribution in [3.63, 3.8) is 0 Å². The molecule has 1 aromatic heterocycles. The van der Waals surface area contributed by atoms with Gasteiger partial charge in [0.05, 0.1) is 5.52 Å². The van der Waals surface area contributed by atoms with Crippen LogP contribution in [0.4, 0.5) is 15.9 Å². The molecule has 1 saturated carbocycles. The zero-order chi connectivity index (χ0) is 19.5. The fraction of sp³-hybridized carbons (Fsp3) is 0.304. The number of pyridine rings is 1. The maximum absolute atomic E-state index is 13.3. The van der Waals surface area contributed by atoms with Crippen LogP contribution in [-0.2, 0) is 0 Å². The third kappa shape index (κ3) is 3.98. The van der Waals surface area contributed by atoms with E-state index in [9.17, 15) is 9.18 Å². The molecule has 1 aliphatic carbocycles. The van der Waals surface area contributed by atoms with Gasteiger partial charge in [-0.3, -0.25) is 4.79 Å². The number of benzene rings is 2. The first-order valence-electron chi connectivity index (χ1n) is 9.81. The summed E-state index contributed by atoms with van der Waals surface area (Å²) in [6.45, 7) is 0. The lowest BCUT2D eigenvalue weighted by atomic mass is 9.94. The van der Waals surface area contributed by atoms with Crippen LogP contribution in [0.2, 0.25) is 0 Å². The van der Waals surface area contributed by atoms with Gasteiger partial charge in [0.15, 0.2) is 0 Å². The molecular formula is C23H24FN3O. The molecule has 0 radical (unpaired) electrons. The van der Waals surface area contributed by atoms with Gasteiger partial charge in [-0.05, 0) is 67.4 Å². The average Bonchev–Trinajstić information content (AvgIpc) is 2.74. The fourth-order valence-electron chi connectivity index (χ4n) is 3.88. The minimum atomic E-state index is -0.302. The monoisotopic (exact) mass is 377 g/mol. The van der Waals surface area contributed by atoms with Crippen molar-refractivity contribution in [3.8, 4) is 0 Å². The minimum absolute atomic E-state index is 0.208. The summed E-state index contributed by atoms with van der Waals surface area (Å²) in [5.74, 6) is -0.0577. The van der Waals surface area contributed by atoms with Crippen LogP contribution in [0.5, 0.6) is 0 Å². The van der Waals surface area contributed by atoms with Gasteiger partial charge in [-0.15, -0.1) is 0 Å². The summed E-state index contributed by atoms with van der Waals surface area (Å²) < 4.78 is 13.3. The van der Waals surface area contributed by atoms with Crippen molar-refractivity contribution in [2.24, 2.45) is 0 Å². The Labute approximate surface area is 164 Å². The van der Waals surface area contributed by atoms with Crippen molar-refractivity contribution in [2.75, 3.05) is 17.3 Å². The first kappa shape index (κ1) is 18.4. The quantitative estimate of drug-likeness (QED) is 0.662. The summed E-state index contributed by atoms with van der Waals surface area (Å²) in [4.78, 5) is 19.3. The summed E-state index contributed by atoms with van der Waals surface area (Å²) in [6, 6.07) is 16.1. The molecule has 1 fully saturated rings. The van der Waals surface area contributed by atoms with Crippen LogP contribution in [0.25, 0.3) is 10.9 Å². The highest BCUT2D eigenvalue weighted by molar-refractivity contribution is 6.04. The van der Waals surface area contributed by atoms with Gasteiger partial charge in [-0.25, -0.2) is 9.37 Å². The van der Waals surface area contributed by atoms with Crippen LogP contribution in [0.15, 0.2) is 54.6 Å². The number of nitrogens with one attached hydrogen (secondary N) is 1. The Balaban J connectivity index is 1.45. The lowest BCUT2D eigenvalue weighted by Crippen LogP contribution is -2.33. The summed E-state index contributed by atoms with van der Waals surface area (Å²) in [7, 11) is 2.13. The first-order valence-corrected chi connectivity index (χ1v) is 9.81. The molecule has 28 heavy (non-hydrogen) atoms. The van der Waals surface area contributed by atoms with Gasteiger partial charge in [-0.1, -0.05) is 19.3 Å². The normalized spacial score (nSPS) is 14.8. The molecule has 0 spiro atoms. The van der Waals surface area contributed by atoms with Crippen LogP contribution in [0, 0.1) is 5.82 Å². The molecule has 3 aromatic rings. The molecule has 0 aliphatic heterocycles. The van der Waals surface area contributed by atoms with E-state index in [1.807, 2.05) is 24.3 Å². The smallest absolute Gasteiger partial charge is 0.256 e. The van der Waals surface area contributed by atoms with Crippen molar-refractivity contribution in [2.45, 2.75) is 38.1 Å². The highest BCUT2D eigenvalue weighted by Crippen LogP contribution is 2.26. The number of aromatic nitrogens is 1. The third-order valence-corrected chi connectivity index (χ3v) is 5.55. The number of carbonyl (C=O) groups is 1. The van der Waals surface area contributed by atoms with Crippen LogP contribution in [0.1, 0.15) is 42.5 Å². The zero-order valence-corrected chi connectivity index (χ0v) is 16.0. The Morgan fingerprint density at radius 2 is 1.79 bits per heavy atom. The fourth-order valence-corrected chi connectivity index (χ4v) is 3.88. The van der Waals surface area contributed by atoms with E-state index < -0.39 is 0 Å². The van der Waals surface area contributed by atoms with Crippen molar-refractivity contribution < 1.29 is 9.18 Å². The molecule has 1 N–H and O–H groups in total. The van der Waals surface area contributed by atoms with Gasteiger partial charge in [0.1, 0.15) is 11.6 Å². The van der Waals surface area contributed by atoms with E-state index in [2.05, 4.69) is 22.2 Å². The molecule has 1 aliphatic rings. The van der Waals surface area contributed by atoms with Gasteiger partial charge < -0.3 is 10.2 Å². The summed E-state index contributed by atoms with van der Waals surface area (Å²) in [5, 5.41) is 3.52. The molecule has 1 heterocycles. The van der Waals surface area contributed by atoms with E-state index in [4.69, 9.17) is 0 Å². The maximum Gasteiger partial charge on any atom is 0.256 e. The summed E-state index contributed by atoms with van der Waals surface area (Å²) in [5.41, 5.74) is 2.36. The Bertz CT molecular complexity index is 981. The van der Waals surface area contributed by atoms with Crippen LogP contribution < -0.4 is 10.2 Å². The van der Waals surface area contributed by atoms with Crippen molar-refractivity contribution >= 4 is 28.3 Å². The summed E-state index contributed by atoms with van der Waals surface area (Å²) >= 11 is 0. The second kappa shape index (κ2) is 7.97. The molecule has 4 nitrogen and oxygen atoms in total. The van der Waals surface area contributed by atoms with Gasteiger partial charge in [0.2, 0.25) is 0 Å². The van der Waals surface area contributed by atoms with E-state index in [0.29, 0.717) is 28.3 Å². The SMILES string of the molecule is CN(c1ccc(C(=O)Nc2ccc3cc(F)ccc3n2)cc1)C1CCCCC1. The lowest BCUT2D eigenvalue weighted by molar-refractivity contribution is 0.102. The third-order valence-electron chi connectivity index (χ3n) is 5.55. The molecule has 0 unspecified atom stereocenters. The Hall–Kier alpha value is -2.95. The van der Waals surface area contributed by atoms with Gasteiger partial charge in [0, 0.05) is 29.7 Å². The number of nitrogens with zero attached hydrogens (tertiary/aromatic N) is 2. The second-order valence-corrected chi connectivity index (χ2v) is 7.44. The van der Waals surface area contributed by atoms with Gasteiger partial charge >= 0.3 is 0 Å². The highest BCUT2D eigenvalue weighted by atomic mass is 19.1. The zero-order valence-electron chi connectivity index (χ0n) is 16.0. The lowest BCUT2D eigenvalue weighted by Gasteiger charge is -2.33. The first-order chi connectivity index (χ1) is 13.6. The number of amides is 1. The Kier molecular flexibility index (Phi) is 5.24. The molecule has 0 saturated heterocycles. The number of rotatable bonds is 4. The van der Waals surface area contributed by atoms with Crippen LogP contribution in [-0.4, -0.2) is 24.0 Å². The molecule has 5 heteroatoms. The van der Waals surface area contributed by atoms with Crippen LogP contribution >= 0.6 is 0 Å². The van der Waals surface area contributed by atoms with Crippen molar-refractivity contribution in [1.29, 1.82) is 0 Å². The predicted molar refractivity (Wildman–Crippen MR) is 111 cm³/mol. The van der Waals surface area contributed by atoms with E-state index in [0.717, 1.165) is 5.69 Å². The van der Waals surface area contributed by atoms with E-state index in [-0.39, 0.29) is 11.7 Å². The van der Waals surface area contributed by atoms with Crippen molar-refractivity contribution in [3.05, 3.63) is 66.0 Å². The number of hydrogen-bond donors (Lipinski definition) is 1. The Morgan fingerprint density at radius 1 is 1.04 bits per heavy atom. The standard InChI is InChI=1S/C23H24FN3O/c1-27(19-5-3-2-4-6-19)20-11-7-16(8-12-20)23(28)26-22-14-9-17-15-18(24)10-13-21(17)25-22/h7-15,19H,2-6H2,1H3,(H,25,26,28). The molecule has 0 bridgehead atoms. The van der Waals surface area contributed by atoms with Crippen molar-refractivity contribution in [1.82, 2.24) is 4.98 Å². The number of halogens is 1. The molecule has 144 valence electrons.